The Labute approximate surface area is 155 Å². The number of pyridine rings is 1. The minimum Gasteiger partial charge on any atom is -0.381 e. The van der Waals surface area contributed by atoms with Gasteiger partial charge in [-0.25, -0.2) is 4.98 Å². The lowest BCUT2D eigenvalue weighted by Gasteiger charge is -2.37. The predicted molar refractivity (Wildman–Crippen MR) is 98.5 cm³/mol. The lowest BCUT2D eigenvalue weighted by molar-refractivity contribution is 0.0402. The van der Waals surface area contributed by atoms with Crippen LogP contribution >= 0.6 is 0 Å². The summed E-state index contributed by atoms with van der Waals surface area (Å²) in [6.07, 6.45) is 6.14. The van der Waals surface area contributed by atoms with E-state index >= 15 is 0 Å². The summed E-state index contributed by atoms with van der Waals surface area (Å²) in [5.74, 6) is 1.92. The van der Waals surface area contributed by atoms with E-state index < -0.39 is 0 Å². The summed E-state index contributed by atoms with van der Waals surface area (Å²) in [7, 11) is 0. The van der Waals surface area contributed by atoms with Gasteiger partial charge in [0.25, 0.3) is 0 Å². The lowest BCUT2D eigenvalue weighted by Crippen LogP contribution is -2.41. The number of aromatic nitrogens is 3. The summed E-state index contributed by atoms with van der Waals surface area (Å²) in [4.78, 5) is 11.6. The Hall–Kier alpha value is -1.76. The third-order valence-corrected chi connectivity index (χ3v) is 5.56. The molecule has 0 unspecified atom stereocenters. The highest BCUT2D eigenvalue weighted by atomic mass is 16.5. The van der Waals surface area contributed by atoms with E-state index in [1.807, 2.05) is 24.4 Å². The van der Waals surface area contributed by atoms with Crippen molar-refractivity contribution >= 4 is 0 Å². The molecule has 2 aliphatic heterocycles. The van der Waals surface area contributed by atoms with Gasteiger partial charge >= 0.3 is 0 Å². The molecule has 0 amide bonds. The molecule has 0 radical (unpaired) electrons. The molecule has 0 aliphatic carbocycles. The average Bonchev–Trinajstić information content (AvgIpc) is 3.10. The molecule has 2 aliphatic rings. The smallest absolute Gasteiger partial charge is 0.126 e. The van der Waals surface area contributed by atoms with Crippen LogP contribution in [0.2, 0.25) is 0 Å². The van der Waals surface area contributed by atoms with Gasteiger partial charge in [0.1, 0.15) is 5.82 Å². The Bertz CT molecular complexity index is 697. The molecule has 1 saturated heterocycles. The van der Waals surface area contributed by atoms with Crippen LogP contribution in [0.1, 0.15) is 43.0 Å². The predicted octanol–water partition coefficient (Wildman–Crippen LogP) is 2.80. The first-order valence-electron chi connectivity index (χ1n) is 9.65. The van der Waals surface area contributed by atoms with Crippen LogP contribution in [0.4, 0.5) is 0 Å². The highest BCUT2D eigenvalue weighted by Gasteiger charge is 2.29. The second kappa shape index (κ2) is 8.29. The highest BCUT2D eigenvalue weighted by molar-refractivity contribution is 5.11. The first-order chi connectivity index (χ1) is 12.8. The van der Waals surface area contributed by atoms with Gasteiger partial charge in [0.15, 0.2) is 0 Å². The number of ether oxygens (including phenoxy) is 2. The van der Waals surface area contributed by atoms with Crippen LogP contribution in [0.3, 0.4) is 0 Å². The fourth-order valence-corrected chi connectivity index (χ4v) is 3.97. The molecule has 0 N–H and O–H groups in total. The number of hydrogen-bond donors (Lipinski definition) is 0. The van der Waals surface area contributed by atoms with E-state index in [9.17, 15) is 0 Å². The van der Waals surface area contributed by atoms with Crippen molar-refractivity contribution in [3.8, 4) is 0 Å². The van der Waals surface area contributed by atoms with E-state index in [-0.39, 0.29) is 0 Å². The van der Waals surface area contributed by atoms with Crippen molar-refractivity contribution in [2.24, 2.45) is 5.92 Å². The van der Waals surface area contributed by atoms with Gasteiger partial charge in [0.2, 0.25) is 0 Å². The zero-order chi connectivity index (χ0) is 17.8. The summed E-state index contributed by atoms with van der Waals surface area (Å²) < 4.78 is 13.7. The van der Waals surface area contributed by atoms with Crippen LogP contribution in [0, 0.1) is 5.92 Å². The standard InChI is InChI=1S/C20H28N4O2/c1-16-20-22-12-19(15-26-14-18-4-2-3-7-21-18)24(20)9-8-23(16)13-17-5-10-25-11-6-17/h2-4,7,12,16-17H,5-6,8-11,13-15H2,1H3/t16-/m0/s1. The largest absolute Gasteiger partial charge is 0.381 e. The molecule has 4 rings (SSSR count). The van der Waals surface area contributed by atoms with E-state index in [1.165, 1.54) is 18.7 Å². The molecule has 1 fully saturated rings. The third kappa shape index (κ3) is 3.98. The van der Waals surface area contributed by atoms with Crippen LogP contribution in [0.5, 0.6) is 0 Å². The molecule has 26 heavy (non-hydrogen) atoms. The molecule has 0 aromatic carbocycles. The molecule has 0 spiro atoms. The topological polar surface area (TPSA) is 52.4 Å². The van der Waals surface area contributed by atoms with Gasteiger partial charge in [0, 0.05) is 39.0 Å². The van der Waals surface area contributed by atoms with Crippen molar-refractivity contribution in [3.63, 3.8) is 0 Å². The SMILES string of the molecule is C[C@H]1c2ncc(COCc3ccccn3)n2CCN1CC1CCOCC1. The molecule has 6 nitrogen and oxygen atoms in total. The maximum Gasteiger partial charge on any atom is 0.126 e. The molecular formula is C20H28N4O2. The van der Waals surface area contributed by atoms with Gasteiger partial charge in [0.05, 0.1) is 36.8 Å². The quantitative estimate of drug-likeness (QED) is 0.797. The number of imidazole rings is 1. The first kappa shape index (κ1) is 17.6. The molecule has 4 heterocycles. The maximum atomic E-state index is 5.86. The highest BCUT2D eigenvalue weighted by Crippen LogP contribution is 2.28. The van der Waals surface area contributed by atoms with Gasteiger partial charge in [-0.1, -0.05) is 6.07 Å². The lowest BCUT2D eigenvalue weighted by atomic mass is 9.98. The Morgan fingerprint density at radius 2 is 2.04 bits per heavy atom. The second-order valence-electron chi connectivity index (χ2n) is 7.30. The second-order valence-corrected chi connectivity index (χ2v) is 7.30. The molecule has 1 atom stereocenters. The summed E-state index contributed by atoms with van der Waals surface area (Å²) in [6.45, 7) is 8.45. The van der Waals surface area contributed by atoms with Crippen LogP contribution in [-0.2, 0) is 29.2 Å². The number of nitrogens with zero attached hydrogens (tertiary/aromatic N) is 4. The van der Waals surface area contributed by atoms with Crippen molar-refractivity contribution in [3.05, 3.63) is 47.8 Å². The monoisotopic (exact) mass is 356 g/mol. The molecular weight excluding hydrogens is 328 g/mol. The van der Waals surface area contributed by atoms with E-state index in [0.29, 0.717) is 19.3 Å². The average molecular weight is 356 g/mol. The Morgan fingerprint density at radius 3 is 2.85 bits per heavy atom. The maximum absolute atomic E-state index is 5.86. The first-order valence-corrected chi connectivity index (χ1v) is 9.65. The van der Waals surface area contributed by atoms with Crippen LogP contribution in [0.25, 0.3) is 0 Å². The zero-order valence-corrected chi connectivity index (χ0v) is 15.5. The normalized spacial score (nSPS) is 21.7. The zero-order valence-electron chi connectivity index (χ0n) is 15.5. The molecule has 2 aromatic heterocycles. The third-order valence-electron chi connectivity index (χ3n) is 5.56. The van der Waals surface area contributed by atoms with Crippen molar-refractivity contribution in [2.45, 2.75) is 45.6 Å². The van der Waals surface area contributed by atoms with Crippen LogP contribution in [-0.4, -0.2) is 45.7 Å². The van der Waals surface area contributed by atoms with Gasteiger partial charge in [-0.15, -0.1) is 0 Å². The number of fused-ring (bicyclic) bond motifs is 1. The molecule has 2 aromatic rings. The summed E-state index contributed by atoms with van der Waals surface area (Å²) >= 11 is 0. The summed E-state index contributed by atoms with van der Waals surface area (Å²) in [5.41, 5.74) is 2.12. The molecule has 0 saturated carbocycles. The van der Waals surface area contributed by atoms with E-state index in [2.05, 4.69) is 21.4 Å². The van der Waals surface area contributed by atoms with Crippen molar-refractivity contribution in [1.29, 1.82) is 0 Å². The van der Waals surface area contributed by atoms with Crippen molar-refractivity contribution in [1.82, 2.24) is 19.4 Å². The summed E-state index contributed by atoms with van der Waals surface area (Å²) in [5, 5.41) is 0. The Kier molecular flexibility index (Phi) is 5.62. The van der Waals surface area contributed by atoms with E-state index in [0.717, 1.165) is 50.2 Å². The van der Waals surface area contributed by atoms with Crippen molar-refractivity contribution in [2.75, 3.05) is 26.3 Å². The number of hydrogen-bond acceptors (Lipinski definition) is 5. The summed E-state index contributed by atoms with van der Waals surface area (Å²) in [6, 6.07) is 6.25. The Balaban J connectivity index is 1.34. The Morgan fingerprint density at radius 1 is 1.15 bits per heavy atom. The molecule has 140 valence electrons. The van der Waals surface area contributed by atoms with E-state index in [1.54, 1.807) is 6.20 Å². The fourth-order valence-electron chi connectivity index (χ4n) is 3.97. The van der Waals surface area contributed by atoms with Gasteiger partial charge in [-0.05, 0) is 37.8 Å². The minimum atomic E-state index is 0.358. The van der Waals surface area contributed by atoms with Gasteiger partial charge < -0.3 is 14.0 Å². The van der Waals surface area contributed by atoms with Crippen molar-refractivity contribution < 1.29 is 9.47 Å². The van der Waals surface area contributed by atoms with E-state index in [4.69, 9.17) is 14.5 Å². The molecule has 0 bridgehead atoms. The minimum absolute atomic E-state index is 0.358. The van der Waals surface area contributed by atoms with Gasteiger partial charge in [-0.3, -0.25) is 9.88 Å². The van der Waals surface area contributed by atoms with Crippen LogP contribution < -0.4 is 0 Å². The van der Waals surface area contributed by atoms with Gasteiger partial charge in [-0.2, -0.15) is 0 Å². The molecule has 6 heteroatoms. The fraction of sp³-hybridized carbons (Fsp3) is 0.600. The number of rotatable bonds is 6. The van der Waals surface area contributed by atoms with Crippen LogP contribution in [0.15, 0.2) is 30.6 Å².